The lowest BCUT2D eigenvalue weighted by Gasteiger charge is -2.16. The van der Waals surface area contributed by atoms with E-state index in [1.54, 1.807) is 0 Å². The number of halogens is 1. The molecule has 1 amide bonds. The summed E-state index contributed by atoms with van der Waals surface area (Å²) < 4.78 is 0.892. The van der Waals surface area contributed by atoms with Gasteiger partial charge in [-0.05, 0) is 52.8 Å². The maximum atomic E-state index is 12.0. The molecule has 0 saturated carbocycles. The number of carbonyl (C=O) groups excluding carboxylic acids is 1. The molecule has 1 heterocycles. The normalized spacial score (nSPS) is 12.5. The Morgan fingerprint density at radius 1 is 1.50 bits per heavy atom. The topological polar surface area (TPSA) is 66.4 Å². The van der Waals surface area contributed by atoms with Crippen LogP contribution in [0.25, 0.3) is 0 Å². The third-order valence-electron chi connectivity index (χ3n) is 2.42. The lowest BCUT2D eigenvalue weighted by molar-refractivity contribution is -0.139. The van der Waals surface area contributed by atoms with E-state index in [4.69, 9.17) is 5.11 Å². The number of thiophene rings is 1. The highest BCUT2D eigenvalue weighted by molar-refractivity contribution is 14.1. The Bertz CT molecular complexity index is 456. The summed E-state index contributed by atoms with van der Waals surface area (Å²) in [5.74, 6) is -1.07. The van der Waals surface area contributed by atoms with E-state index in [-0.39, 0.29) is 11.8 Å². The number of hydrogen-bond donors (Lipinski definition) is 2. The Kier molecular flexibility index (Phi) is 5.58. The molecule has 0 aliphatic carbocycles. The molecule has 4 nitrogen and oxygen atoms in total. The molecular formula is C12H16INO3S. The highest BCUT2D eigenvalue weighted by Gasteiger charge is 2.23. The van der Waals surface area contributed by atoms with Gasteiger partial charge in [-0.2, -0.15) is 0 Å². The van der Waals surface area contributed by atoms with E-state index < -0.39 is 12.0 Å². The fraction of sp³-hybridized carbons (Fsp3) is 0.500. The number of rotatable bonds is 5. The van der Waals surface area contributed by atoms with Crippen molar-refractivity contribution < 1.29 is 14.7 Å². The van der Waals surface area contributed by atoms with Crippen LogP contribution in [0.4, 0.5) is 0 Å². The second-order valence-corrected chi connectivity index (χ2v) is 6.51. The molecule has 1 aromatic rings. The van der Waals surface area contributed by atoms with Crippen LogP contribution in [0.5, 0.6) is 0 Å². The van der Waals surface area contributed by atoms with Crippen molar-refractivity contribution in [1.29, 1.82) is 0 Å². The average molecular weight is 381 g/mol. The Hall–Kier alpha value is -0.630. The Balaban J connectivity index is 2.79. The fourth-order valence-electron chi connectivity index (χ4n) is 1.50. The molecule has 0 spiro atoms. The van der Waals surface area contributed by atoms with Gasteiger partial charge in [-0.25, -0.2) is 4.79 Å². The Labute approximate surface area is 124 Å². The van der Waals surface area contributed by atoms with E-state index in [1.807, 2.05) is 26.2 Å². The van der Waals surface area contributed by atoms with Crippen LogP contribution in [0.15, 0.2) is 5.38 Å². The third-order valence-corrected chi connectivity index (χ3v) is 5.27. The maximum absolute atomic E-state index is 12.0. The van der Waals surface area contributed by atoms with Gasteiger partial charge >= 0.3 is 5.97 Å². The van der Waals surface area contributed by atoms with Gasteiger partial charge in [-0.3, -0.25) is 4.79 Å². The van der Waals surface area contributed by atoms with Crippen LogP contribution >= 0.6 is 33.9 Å². The van der Waals surface area contributed by atoms with Crippen molar-refractivity contribution in [3.8, 4) is 0 Å². The summed E-state index contributed by atoms with van der Waals surface area (Å²) >= 11 is 3.45. The summed E-state index contributed by atoms with van der Waals surface area (Å²) in [4.78, 5) is 23.7. The fourth-order valence-corrected chi connectivity index (χ4v) is 3.34. The van der Waals surface area contributed by atoms with Gasteiger partial charge in [-0.15, -0.1) is 11.3 Å². The van der Waals surface area contributed by atoms with Crippen LogP contribution in [-0.2, 0) is 4.79 Å². The Morgan fingerprint density at radius 3 is 2.50 bits per heavy atom. The molecule has 0 aliphatic rings. The number of aliphatic carboxylic acids is 1. The monoisotopic (exact) mass is 381 g/mol. The average Bonchev–Trinajstić information content (AvgIpc) is 2.58. The first-order chi connectivity index (χ1) is 8.32. The summed E-state index contributed by atoms with van der Waals surface area (Å²) in [5, 5.41) is 13.6. The summed E-state index contributed by atoms with van der Waals surface area (Å²) in [7, 11) is 0. The van der Waals surface area contributed by atoms with Crippen molar-refractivity contribution >= 4 is 45.8 Å². The molecule has 1 atom stereocenters. The van der Waals surface area contributed by atoms with Gasteiger partial charge in [-0.1, -0.05) is 13.8 Å². The van der Waals surface area contributed by atoms with Crippen LogP contribution in [0.1, 0.15) is 35.5 Å². The van der Waals surface area contributed by atoms with Crippen LogP contribution in [0.2, 0.25) is 0 Å². The van der Waals surface area contributed by atoms with Crippen molar-refractivity contribution in [3.63, 3.8) is 0 Å². The molecular weight excluding hydrogens is 365 g/mol. The summed E-state index contributed by atoms with van der Waals surface area (Å²) in [6.45, 7) is 5.79. The molecule has 0 radical (unpaired) electrons. The van der Waals surface area contributed by atoms with E-state index in [1.165, 1.54) is 11.3 Å². The molecule has 1 aromatic heterocycles. The summed E-state index contributed by atoms with van der Waals surface area (Å²) in [5.41, 5.74) is 1.04. The van der Waals surface area contributed by atoms with Crippen LogP contribution in [-0.4, -0.2) is 23.0 Å². The number of aryl methyl sites for hydroxylation is 1. The molecule has 2 N–H and O–H groups in total. The molecule has 0 unspecified atom stereocenters. The largest absolute Gasteiger partial charge is 0.480 e. The number of carboxylic acids is 1. The summed E-state index contributed by atoms with van der Waals surface area (Å²) in [6.07, 6.45) is 0.433. The third kappa shape index (κ3) is 3.94. The number of carboxylic acid groups (broad SMARTS) is 1. The van der Waals surface area contributed by atoms with Gasteiger partial charge in [0.25, 0.3) is 5.91 Å². The van der Waals surface area contributed by atoms with Crippen molar-refractivity contribution in [2.75, 3.05) is 0 Å². The number of hydrogen-bond acceptors (Lipinski definition) is 3. The second kappa shape index (κ2) is 6.51. The zero-order valence-corrected chi connectivity index (χ0v) is 13.5. The van der Waals surface area contributed by atoms with Gasteiger partial charge in [0.05, 0.1) is 0 Å². The van der Waals surface area contributed by atoms with E-state index in [0.717, 1.165) is 9.13 Å². The molecule has 0 aliphatic heterocycles. The lowest BCUT2D eigenvalue weighted by atomic mass is 10.0. The predicted octanol–water partition coefficient (Wildman–Crippen LogP) is 2.89. The van der Waals surface area contributed by atoms with Crippen molar-refractivity contribution in [3.05, 3.63) is 19.4 Å². The molecule has 0 saturated heterocycles. The van der Waals surface area contributed by atoms with E-state index in [2.05, 4.69) is 27.9 Å². The zero-order valence-electron chi connectivity index (χ0n) is 10.5. The van der Waals surface area contributed by atoms with Crippen molar-refractivity contribution in [2.45, 2.75) is 33.2 Å². The maximum Gasteiger partial charge on any atom is 0.326 e. The standard InChI is InChI=1S/C12H16INO3S/c1-6(2)4-8(12(16)17)14-11(15)10-9(13)7(3)5-18-10/h5-6,8H,4H2,1-3H3,(H,14,15)(H,16,17)/t8-/m1/s1. The second-order valence-electron chi connectivity index (χ2n) is 4.56. The highest BCUT2D eigenvalue weighted by atomic mass is 127. The summed E-state index contributed by atoms with van der Waals surface area (Å²) in [6, 6.07) is -0.823. The molecule has 6 heteroatoms. The zero-order chi connectivity index (χ0) is 13.9. The molecule has 0 aromatic carbocycles. The smallest absolute Gasteiger partial charge is 0.326 e. The van der Waals surface area contributed by atoms with Crippen molar-refractivity contribution in [1.82, 2.24) is 5.32 Å². The number of nitrogens with one attached hydrogen (secondary N) is 1. The molecule has 0 fully saturated rings. The van der Waals surface area contributed by atoms with Crippen molar-refractivity contribution in [2.24, 2.45) is 5.92 Å². The highest BCUT2D eigenvalue weighted by Crippen LogP contribution is 2.23. The van der Waals surface area contributed by atoms with E-state index >= 15 is 0 Å². The van der Waals surface area contributed by atoms with Gasteiger partial charge in [0.2, 0.25) is 0 Å². The van der Waals surface area contributed by atoms with Crippen LogP contribution in [0.3, 0.4) is 0 Å². The van der Waals surface area contributed by atoms with Gasteiger partial charge < -0.3 is 10.4 Å². The molecule has 18 heavy (non-hydrogen) atoms. The number of amides is 1. The first-order valence-electron chi connectivity index (χ1n) is 5.60. The van der Waals surface area contributed by atoms with Gasteiger partial charge in [0.1, 0.15) is 10.9 Å². The van der Waals surface area contributed by atoms with Crippen LogP contribution < -0.4 is 5.32 Å². The van der Waals surface area contributed by atoms with Gasteiger partial charge in [0, 0.05) is 3.57 Å². The molecule has 100 valence electrons. The minimum absolute atomic E-state index is 0.218. The quantitative estimate of drug-likeness (QED) is 0.771. The lowest BCUT2D eigenvalue weighted by Crippen LogP contribution is -2.41. The van der Waals surface area contributed by atoms with E-state index in [9.17, 15) is 9.59 Å². The minimum atomic E-state index is -0.986. The SMILES string of the molecule is Cc1csc(C(=O)N[C@H](CC(C)C)C(=O)O)c1I. The first kappa shape index (κ1) is 15.4. The van der Waals surface area contributed by atoms with Crippen LogP contribution in [0, 0.1) is 16.4 Å². The Morgan fingerprint density at radius 2 is 2.11 bits per heavy atom. The first-order valence-corrected chi connectivity index (χ1v) is 7.56. The predicted molar refractivity (Wildman–Crippen MR) is 80.1 cm³/mol. The number of carbonyl (C=O) groups is 2. The van der Waals surface area contributed by atoms with Gasteiger partial charge in [0.15, 0.2) is 0 Å². The van der Waals surface area contributed by atoms with E-state index in [0.29, 0.717) is 11.3 Å². The minimum Gasteiger partial charge on any atom is -0.480 e. The molecule has 1 rings (SSSR count). The molecule has 0 bridgehead atoms.